The van der Waals surface area contributed by atoms with Crippen LogP contribution in [0.1, 0.15) is 12.8 Å². The zero-order valence-corrected chi connectivity index (χ0v) is 12.9. The van der Waals surface area contributed by atoms with Gasteiger partial charge in [-0.25, -0.2) is 4.79 Å². The van der Waals surface area contributed by atoms with Gasteiger partial charge in [0.25, 0.3) is 0 Å². The molecular formula is C11H22N6O4S. The minimum absolute atomic E-state index is 0.0118. The number of carboxylic acids is 1. The van der Waals surface area contributed by atoms with Gasteiger partial charge in [0, 0.05) is 12.3 Å². The van der Waals surface area contributed by atoms with E-state index in [1.165, 1.54) is 0 Å². The van der Waals surface area contributed by atoms with Crippen LogP contribution in [0.2, 0.25) is 0 Å². The molecule has 0 heterocycles. The predicted molar refractivity (Wildman–Crippen MR) is 84.3 cm³/mol. The summed E-state index contributed by atoms with van der Waals surface area (Å²) in [6.07, 6.45) is 0.512. The van der Waals surface area contributed by atoms with Crippen LogP contribution in [0.5, 0.6) is 0 Å². The van der Waals surface area contributed by atoms with E-state index in [-0.39, 0.29) is 31.2 Å². The van der Waals surface area contributed by atoms with Crippen LogP contribution in [0, 0.1) is 0 Å². The summed E-state index contributed by atoms with van der Waals surface area (Å²) in [7, 11) is 0. The van der Waals surface area contributed by atoms with Crippen LogP contribution in [-0.2, 0) is 14.4 Å². The maximum absolute atomic E-state index is 11.9. The summed E-state index contributed by atoms with van der Waals surface area (Å²) < 4.78 is 0. The van der Waals surface area contributed by atoms with E-state index in [9.17, 15) is 14.4 Å². The number of aliphatic imine (C=N–C) groups is 1. The molecule has 0 fully saturated rings. The molecule has 0 saturated carbocycles. The van der Waals surface area contributed by atoms with Crippen molar-refractivity contribution in [2.75, 3.05) is 18.8 Å². The van der Waals surface area contributed by atoms with Gasteiger partial charge >= 0.3 is 5.97 Å². The summed E-state index contributed by atoms with van der Waals surface area (Å²) >= 11 is 3.94. The molecule has 2 atom stereocenters. The highest BCUT2D eigenvalue weighted by molar-refractivity contribution is 7.80. The number of nitrogens with two attached hydrogens (primary N) is 3. The first kappa shape index (κ1) is 20.0. The number of guanidine groups is 1. The molecule has 126 valence electrons. The summed E-state index contributed by atoms with van der Waals surface area (Å²) in [6.45, 7) is -0.0275. The highest BCUT2D eigenvalue weighted by atomic mass is 32.1. The van der Waals surface area contributed by atoms with Crippen molar-refractivity contribution in [2.24, 2.45) is 22.2 Å². The average molecular weight is 334 g/mol. The number of carbonyl (C=O) groups is 3. The zero-order chi connectivity index (χ0) is 17.1. The molecule has 9 N–H and O–H groups in total. The van der Waals surface area contributed by atoms with Crippen LogP contribution < -0.4 is 27.8 Å². The van der Waals surface area contributed by atoms with Gasteiger partial charge in [-0.1, -0.05) is 0 Å². The van der Waals surface area contributed by atoms with Crippen molar-refractivity contribution in [3.63, 3.8) is 0 Å². The van der Waals surface area contributed by atoms with Crippen molar-refractivity contribution in [1.29, 1.82) is 0 Å². The van der Waals surface area contributed by atoms with E-state index in [4.69, 9.17) is 22.3 Å². The Bertz CT molecular complexity index is 427. The molecule has 0 radical (unpaired) electrons. The van der Waals surface area contributed by atoms with E-state index in [2.05, 4.69) is 28.3 Å². The Morgan fingerprint density at radius 2 is 1.82 bits per heavy atom. The van der Waals surface area contributed by atoms with Gasteiger partial charge in [0.15, 0.2) is 5.96 Å². The molecule has 0 aliphatic rings. The number of carbonyl (C=O) groups excluding carboxylic acids is 2. The van der Waals surface area contributed by atoms with E-state index in [1.54, 1.807) is 0 Å². The van der Waals surface area contributed by atoms with Gasteiger partial charge in [0.2, 0.25) is 11.8 Å². The molecule has 0 spiro atoms. The highest BCUT2D eigenvalue weighted by Crippen LogP contribution is 2.00. The second-order valence-electron chi connectivity index (χ2n) is 4.36. The molecule has 0 aliphatic carbocycles. The molecule has 2 amide bonds. The zero-order valence-electron chi connectivity index (χ0n) is 12.0. The number of thiol groups is 1. The smallest absolute Gasteiger partial charge is 0.326 e. The molecule has 11 heteroatoms. The number of hydrogen-bond donors (Lipinski definition) is 7. The van der Waals surface area contributed by atoms with Gasteiger partial charge < -0.3 is 32.9 Å². The largest absolute Gasteiger partial charge is 0.480 e. The van der Waals surface area contributed by atoms with Crippen LogP contribution in [0.25, 0.3) is 0 Å². The second-order valence-corrected chi connectivity index (χ2v) is 4.72. The molecule has 0 unspecified atom stereocenters. The Kier molecular flexibility index (Phi) is 9.70. The topological polar surface area (TPSA) is 186 Å². The maximum atomic E-state index is 11.9. The minimum Gasteiger partial charge on any atom is -0.480 e. The Balaban J connectivity index is 4.52. The number of hydrogen-bond acceptors (Lipinski definition) is 6. The molecule has 10 nitrogen and oxygen atoms in total. The lowest BCUT2D eigenvalue weighted by molar-refractivity contribution is -0.142. The van der Waals surface area contributed by atoms with Gasteiger partial charge in [-0.3, -0.25) is 14.6 Å². The number of carboxylic acid groups (broad SMARTS) is 1. The molecule has 0 bridgehead atoms. The number of aliphatic carboxylic acids is 1. The van der Waals surface area contributed by atoms with Crippen molar-refractivity contribution < 1.29 is 19.5 Å². The molecule has 22 heavy (non-hydrogen) atoms. The third-order valence-electron chi connectivity index (χ3n) is 2.58. The molecule has 0 aromatic carbocycles. The number of amides is 2. The summed E-state index contributed by atoms with van der Waals surface area (Å²) in [5, 5.41) is 13.8. The monoisotopic (exact) mass is 334 g/mol. The summed E-state index contributed by atoms with van der Waals surface area (Å²) in [5.41, 5.74) is 15.4. The molecular weight excluding hydrogens is 312 g/mol. The maximum Gasteiger partial charge on any atom is 0.326 e. The van der Waals surface area contributed by atoms with Crippen LogP contribution in [0.3, 0.4) is 0 Å². The summed E-state index contributed by atoms with van der Waals surface area (Å²) in [6, 6.07) is -2.07. The van der Waals surface area contributed by atoms with Crippen molar-refractivity contribution in [2.45, 2.75) is 24.9 Å². The van der Waals surface area contributed by atoms with Crippen LogP contribution in [0.4, 0.5) is 0 Å². The molecule has 0 rings (SSSR count). The highest BCUT2D eigenvalue weighted by Gasteiger charge is 2.25. The van der Waals surface area contributed by atoms with Crippen molar-refractivity contribution in [3.05, 3.63) is 0 Å². The Hall–Kier alpha value is -2.01. The number of nitrogens with zero attached hydrogens (tertiary/aromatic N) is 1. The number of nitrogens with one attached hydrogen (secondary N) is 2. The molecule has 0 aliphatic heterocycles. The lowest BCUT2D eigenvalue weighted by Crippen LogP contribution is -2.53. The lowest BCUT2D eigenvalue weighted by Gasteiger charge is -2.19. The van der Waals surface area contributed by atoms with Crippen LogP contribution in [0.15, 0.2) is 4.99 Å². The first-order valence-electron chi connectivity index (χ1n) is 6.50. The minimum atomic E-state index is -1.19. The number of rotatable bonds is 10. The van der Waals surface area contributed by atoms with Crippen molar-refractivity contribution in [1.82, 2.24) is 10.6 Å². The van der Waals surface area contributed by atoms with Crippen molar-refractivity contribution in [3.8, 4) is 0 Å². The third-order valence-corrected chi connectivity index (χ3v) is 2.94. The normalized spacial score (nSPS) is 12.8. The summed E-state index contributed by atoms with van der Waals surface area (Å²) in [4.78, 5) is 38.0. The van der Waals surface area contributed by atoms with Gasteiger partial charge in [0.1, 0.15) is 12.1 Å². The standard InChI is InChI=1S/C11H22N6O4S/c12-4-8(18)16-7(5-22)9(19)17-6(10(20)21)2-1-3-15-11(13)14/h6-7,22H,1-5,12H2,(H,16,18)(H,17,19)(H,20,21)(H4,13,14,15)/t6-,7-/m0/s1. The van der Waals surface area contributed by atoms with E-state index in [1.807, 2.05) is 0 Å². The van der Waals surface area contributed by atoms with E-state index < -0.39 is 29.9 Å². The Morgan fingerprint density at radius 3 is 2.27 bits per heavy atom. The molecule has 0 aromatic rings. The second kappa shape index (κ2) is 10.7. The molecule has 0 saturated heterocycles. The Morgan fingerprint density at radius 1 is 1.18 bits per heavy atom. The fourth-order valence-electron chi connectivity index (χ4n) is 1.48. The van der Waals surface area contributed by atoms with Gasteiger partial charge in [-0.15, -0.1) is 0 Å². The third kappa shape index (κ3) is 8.32. The fourth-order valence-corrected chi connectivity index (χ4v) is 1.74. The average Bonchev–Trinajstić information content (AvgIpc) is 2.46. The van der Waals surface area contributed by atoms with Crippen LogP contribution >= 0.6 is 12.6 Å². The SMILES string of the molecule is NCC(=O)N[C@@H](CS)C(=O)N[C@@H](CCCN=C(N)N)C(=O)O. The molecule has 0 aromatic heterocycles. The first-order chi connectivity index (χ1) is 10.3. The van der Waals surface area contributed by atoms with Gasteiger partial charge in [-0.2, -0.15) is 12.6 Å². The Labute approximate surface area is 133 Å². The van der Waals surface area contributed by atoms with E-state index >= 15 is 0 Å². The van der Waals surface area contributed by atoms with Crippen LogP contribution in [-0.4, -0.2) is 59.8 Å². The van der Waals surface area contributed by atoms with E-state index in [0.29, 0.717) is 6.42 Å². The van der Waals surface area contributed by atoms with Gasteiger partial charge in [-0.05, 0) is 12.8 Å². The predicted octanol–water partition coefficient (Wildman–Crippen LogP) is -3.02. The summed E-state index contributed by atoms with van der Waals surface area (Å²) in [5.74, 6) is -2.45. The van der Waals surface area contributed by atoms with E-state index in [0.717, 1.165) is 0 Å². The van der Waals surface area contributed by atoms with Crippen molar-refractivity contribution >= 4 is 36.4 Å². The first-order valence-corrected chi connectivity index (χ1v) is 7.13. The fraction of sp³-hybridized carbons (Fsp3) is 0.636. The van der Waals surface area contributed by atoms with Gasteiger partial charge in [0.05, 0.1) is 6.54 Å². The lowest BCUT2D eigenvalue weighted by atomic mass is 10.1. The quantitative estimate of drug-likeness (QED) is 0.0958.